The van der Waals surface area contributed by atoms with Gasteiger partial charge >= 0.3 is 0 Å². The summed E-state index contributed by atoms with van der Waals surface area (Å²) >= 11 is 1.24. The van der Waals surface area contributed by atoms with Crippen molar-refractivity contribution >= 4 is 11.5 Å². The van der Waals surface area contributed by atoms with E-state index in [-0.39, 0.29) is 0 Å². The summed E-state index contributed by atoms with van der Waals surface area (Å²) in [5.41, 5.74) is 1.67. The van der Waals surface area contributed by atoms with Gasteiger partial charge in [0.2, 0.25) is 0 Å². The molecule has 0 saturated heterocycles. The molecule has 2 rings (SSSR count). The highest BCUT2D eigenvalue weighted by Gasteiger charge is 2.15. The summed E-state index contributed by atoms with van der Waals surface area (Å²) in [6.45, 7) is 1.85. The predicted octanol–water partition coefficient (Wildman–Crippen LogP) is 1.93. The van der Waals surface area contributed by atoms with Crippen LogP contribution in [0.1, 0.15) is 22.2 Å². The van der Waals surface area contributed by atoms with Gasteiger partial charge in [0.15, 0.2) is 0 Å². The Bertz CT molecular complexity index is 413. The average Bonchev–Trinajstić information content (AvgIpc) is 2.65. The summed E-state index contributed by atoms with van der Waals surface area (Å²) in [6.07, 6.45) is -0.601. The van der Waals surface area contributed by atoms with Gasteiger partial charge in [-0.2, -0.15) is 0 Å². The number of rotatable bonds is 2. The Hall–Kier alpha value is -1.26. The van der Waals surface area contributed by atoms with Crippen LogP contribution in [0.25, 0.3) is 0 Å². The number of hydrogen-bond acceptors (Lipinski definition) is 4. The molecular weight excluding hydrogens is 196 g/mol. The fraction of sp³-hybridized carbons (Fsp3) is 0.200. The fourth-order valence-electron chi connectivity index (χ4n) is 1.28. The fourth-order valence-corrected chi connectivity index (χ4v) is 1.94. The second-order valence-electron chi connectivity index (χ2n) is 3.04. The number of aliphatic hydroxyl groups is 1. The summed E-state index contributed by atoms with van der Waals surface area (Å²) in [7, 11) is 0. The Labute approximate surface area is 86.2 Å². The molecule has 0 aliphatic heterocycles. The van der Waals surface area contributed by atoms with Crippen LogP contribution in [0.15, 0.2) is 30.3 Å². The van der Waals surface area contributed by atoms with Crippen LogP contribution in [-0.4, -0.2) is 14.7 Å². The predicted molar refractivity (Wildman–Crippen MR) is 55.1 cm³/mol. The summed E-state index contributed by atoms with van der Waals surface area (Å²) in [5.74, 6) is 0. The van der Waals surface area contributed by atoms with Gasteiger partial charge in [-0.3, -0.25) is 0 Å². The van der Waals surface area contributed by atoms with Crippen LogP contribution in [0, 0.1) is 6.92 Å². The van der Waals surface area contributed by atoms with Crippen molar-refractivity contribution in [3.8, 4) is 0 Å². The van der Waals surface area contributed by atoms with Gasteiger partial charge in [0.25, 0.3) is 0 Å². The summed E-state index contributed by atoms with van der Waals surface area (Å²) in [6, 6.07) is 9.52. The van der Waals surface area contributed by atoms with E-state index >= 15 is 0 Å². The van der Waals surface area contributed by atoms with E-state index in [9.17, 15) is 5.11 Å². The maximum atomic E-state index is 9.99. The minimum absolute atomic E-state index is 0.601. The number of aliphatic hydroxyl groups excluding tert-OH is 1. The van der Waals surface area contributed by atoms with Crippen molar-refractivity contribution in [1.82, 2.24) is 9.59 Å². The van der Waals surface area contributed by atoms with Crippen molar-refractivity contribution in [3.63, 3.8) is 0 Å². The third-order valence-electron chi connectivity index (χ3n) is 2.05. The molecule has 1 aromatic heterocycles. The zero-order valence-corrected chi connectivity index (χ0v) is 8.53. The molecular formula is C10H10N2OS. The lowest BCUT2D eigenvalue weighted by Gasteiger charge is -2.07. The van der Waals surface area contributed by atoms with Gasteiger partial charge in [0, 0.05) is 0 Å². The molecule has 14 heavy (non-hydrogen) atoms. The molecule has 2 aromatic rings. The van der Waals surface area contributed by atoms with Gasteiger partial charge < -0.3 is 5.11 Å². The Balaban J connectivity index is 2.34. The standard InChI is InChI=1S/C10H10N2OS/c1-7-10(14-12-11-7)9(13)8-5-3-2-4-6-8/h2-6,9,13H,1H3. The van der Waals surface area contributed by atoms with Crippen LogP contribution >= 0.6 is 11.5 Å². The van der Waals surface area contributed by atoms with E-state index in [4.69, 9.17) is 0 Å². The molecule has 72 valence electrons. The molecule has 4 heteroatoms. The summed E-state index contributed by atoms with van der Waals surface area (Å²) in [4.78, 5) is 0.816. The first-order valence-corrected chi connectivity index (χ1v) is 5.08. The van der Waals surface area contributed by atoms with Crippen molar-refractivity contribution in [1.29, 1.82) is 0 Å². The van der Waals surface area contributed by atoms with Gasteiger partial charge in [-0.05, 0) is 24.0 Å². The van der Waals surface area contributed by atoms with E-state index in [0.29, 0.717) is 0 Å². The van der Waals surface area contributed by atoms with Crippen molar-refractivity contribution in [2.24, 2.45) is 0 Å². The third-order valence-corrected chi connectivity index (χ3v) is 2.93. The molecule has 0 radical (unpaired) electrons. The first kappa shape index (κ1) is 9.30. The topological polar surface area (TPSA) is 46.0 Å². The second-order valence-corrected chi connectivity index (χ2v) is 3.82. The van der Waals surface area contributed by atoms with E-state index in [0.717, 1.165) is 16.1 Å². The van der Waals surface area contributed by atoms with E-state index in [1.807, 2.05) is 37.3 Å². The van der Waals surface area contributed by atoms with Crippen LogP contribution in [-0.2, 0) is 0 Å². The normalized spacial score (nSPS) is 12.7. The van der Waals surface area contributed by atoms with Crippen LogP contribution in [0.4, 0.5) is 0 Å². The number of hydrogen-bond donors (Lipinski definition) is 1. The van der Waals surface area contributed by atoms with Crippen molar-refractivity contribution in [2.75, 3.05) is 0 Å². The van der Waals surface area contributed by atoms with E-state index in [1.165, 1.54) is 11.5 Å². The first-order chi connectivity index (χ1) is 6.79. The Morgan fingerprint density at radius 1 is 1.29 bits per heavy atom. The Morgan fingerprint density at radius 2 is 2.00 bits per heavy atom. The number of benzene rings is 1. The van der Waals surface area contributed by atoms with Gasteiger partial charge in [-0.15, -0.1) is 5.10 Å². The largest absolute Gasteiger partial charge is 0.383 e. The maximum absolute atomic E-state index is 9.99. The summed E-state index contributed by atoms with van der Waals surface area (Å²) in [5, 5.41) is 13.9. The minimum Gasteiger partial charge on any atom is -0.383 e. The van der Waals surface area contributed by atoms with Crippen molar-refractivity contribution in [3.05, 3.63) is 46.5 Å². The highest BCUT2D eigenvalue weighted by atomic mass is 32.1. The molecule has 0 bridgehead atoms. The Kier molecular flexibility index (Phi) is 2.56. The lowest BCUT2D eigenvalue weighted by Crippen LogP contribution is -1.98. The molecule has 0 aliphatic rings. The highest BCUT2D eigenvalue weighted by Crippen LogP contribution is 2.25. The summed E-state index contributed by atoms with van der Waals surface area (Å²) < 4.78 is 3.80. The molecule has 1 aromatic carbocycles. The molecule has 0 saturated carbocycles. The molecule has 3 nitrogen and oxygen atoms in total. The lowest BCUT2D eigenvalue weighted by atomic mass is 10.1. The molecule has 1 N–H and O–H groups in total. The monoisotopic (exact) mass is 206 g/mol. The molecule has 1 heterocycles. The van der Waals surface area contributed by atoms with Gasteiger partial charge in [0.1, 0.15) is 6.10 Å². The number of aromatic nitrogens is 2. The smallest absolute Gasteiger partial charge is 0.117 e. The van der Waals surface area contributed by atoms with Crippen LogP contribution in [0.2, 0.25) is 0 Å². The van der Waals surface area contributed by atoms with Crippen LogP contribution in [0.5, 0.6) is 0 Å². The quantitative estimate of drug-likeness (QED) is 0.816. The van der Waals surface area contributed by atoms with E-state index in [1.54, 1.807) is 0 Å². The van der Waals surface area contributed by atoms with Gasteiger partial charge in [-0.25, -0.2) is 0 Å². The highest BCUT2D eigenvalue weighted by molar-refractivity contribution is 7.05. The average molecular weight is 206 g/mol. The molecule has 1 atom stereocenters. The van der Waals surface area contributed by atoms with E-state index < -0.39 is 6.10 Å². The number of aryl methyl sites for hydroxylation is 1. The SMILES string of the molecule is Cc1nnsc1C(O)c1ccccc1. The maximum Gasteiger partial charge on any atom is 0.117 e. The second kappa shape index (κ2) is 3.86. The zero-order valence-electron chi connectivity index (χ0n) is 7.71. The molecule has 0 aliphatic carbocycles. The minimum atomic E-state index is -0.601. The Morgan fingerprint density at radius 3 is 2.57 bits per heavy atom. The molecule has 0 spiro atoms. The van der Waals surface area contributed by atoms with Crippen molar-refractivity contribution in [2.45, 2.75) is 13.0 Å². The first-order valence-electron chi connectivity index (χ1n) is 4.31. The lowest BCUT2D eigenvalue weighted by molar-refractivity contribution is 0.223. The van der Waals surface area contributed by atoms with Gasteiger partial charge in [0.05, 0.1) is 10.6 Å². The van der Waals surface area contributed by atoms with Gasteiger partial charge in [-0.1, -0.05) is 34.8 Å². The third kappa shape index (κ3) is 1.66. The molecule has 0 amide bonds. The molecule has 0 fully saturated rings. The van der Waals surface area contributed by atoms with Crippen LogP contribution in [0.3, 0.4) is 0 Å². The van der Waals surface area contributed by atoms with Crippen LogP contribution < -0.4 is 0 Å². The number of nitrogens with zero attached hydrogens (tertiary/aromatic N) is 2. The molecule has 1 unspecified atom stereocenters. The zero-order chi connectivity index (χ0) is 9.97. The van der Waals surface area contributed by atoms with E-state index in [2.05, 4.69) is 9.59 Å². The van der Waals surface area contributed by atoms with Crippen molar-refractivity contribution < 1.29 is 5.11 Å².